The van der Waals surface area contributed by atoms with E-state index in [0.29, 0.717) is 11.2 Å². The van der Waals surface area contributed by atoms with Crippen LogP contribution in [0.15, 0.2) is 16.9 Å². The second-order valence-corrected chi connectivity index (χ2v) is 5.81. The molecule has 0 amide bonds. The molecule has 86 valence electrons. The second kappa shape index (κ2) is 4.84. The van der Waals surface area contributed by atoms with E-state index in [1.165, 1.54) is 17.0 Å². The quantitative estimate of drug-likeness (QED) is 0.848. The molecule has 2 aromatic rings. The minimum atomic E-state index is 0.428. The molecule has 0 unspecified atom stereocenters. The van der Waals surface area contributed by atoms with E-state index in [0.717, 1.165) is 10.1 Å². The maximum atomic E-state index is 5.52. The normalized spacial score (nSPS) is 11.2. The minimum Gasteiger partial charge on any atom is -0.374 e. The zero-order valence-electron chi connectivity index (χ0n) is 9.12. The van der Waals surface area contributed by atoms with Gasteiger partial charge in [-0.2, -0.15) is 0 Å². The molecule has 0 atom stereocenters. The highest BCUT2D eigenvalue weighted by Gasteiger charge is 2.07. The Balaban J connectivity index is 2.02. The molecule has 0 saturated heterocycles. The van der Waals surface area contributed by atoms with Crippen LogP contribution in [0.2, 0.25) is 0 Å². The number of hydrogen-bond donors (Lipinski definition) is 1. The average Bonchev–Trinajstić information content (AvgIpc) is 2.83. The van der Waals surface area contributed by atoms with Gasteiger partial charge in [-0.15, -0.1) is 10.2 Å². The van der Waals surface area contributed by atoms with Crippen LogP contribution in [0.25, 0.3) is 0 Å². The van der Waals surface area contributed by atoms with Gasteiger partial charge in [0.15, 0.2) is 4.34 Å². The van der Waals surface area contributed by atoms with Crippen molar-refractivity contribution < 1.29 is 0 Å². The van der Waals surface area contributed by atoms with Crippen molar-refractivity contribution in [1.82, 2.24) is 19.7 Å². The van der Waals surface area contributed by atoms with Crippen LogP contribution in [0.1, 0.15) is 25.6 Å². The number of anilines is 1. The van der Waals surface area contributed by atoms with E-state index < -0.39 is 0 Å². The number of aromatic nitrogens is 4. The van der Waals surface area contributed by atoms with Crippen LogP contribution in [-0.4, -0.2) is 19.7 Å². The van der Waals surface area contributed by atoms with Gasteiger partial charge in [-0.1, -0.05) is 23.1 Å². The third-order valence-corrected chi connectivity index (χ3v) is 3.99. The van der Waals surface area contributed by atoms with Gasteiger partial charge in [0.1, 0.15) is 0 Å². The van der Waals surface area contributed by atoms with Crippen LogP contribution in [0.3, 0.4) is 0 Å². The molecule has 0 aliphatic heterocycles. The number of thioether (sulfide) groups is 1. The van der Waals surface area contributed by atoms with Crippen LogP contribution in [-0.2, 0) is 5.75 Å². The lowest BCUT2D eigenvalue weighted by molar-refractivity contribution is 0.584. The third-order valence-electron chi connectivity index (χ3n) is 2.07. The summed E-state index contributed by atoms with van der Waals surface area (Å²) in [6.07, 6.45) is 3.74. The molecule has 16 heavy (non-hydrogen) atoms. The highest BCUT2D eigenvalue weighted by Crippen LogP contribution is 2.27. The summed E-state index contributed by atoms with van der Waals surface area (Å²) in [5, 5.41) is 8.26. The first-order valence-corrected chi connectivity index (χ1v) is 6.69. The van der Waals surface area contributed by atoms with E-state index in [4.69, 9.17) is 5.73 Å². The highest BCUT2D eigenvalue weighted by atomic mass is 32.2. The van der Waals surface area contributed by atoms with Gasteiger partial charge in [-0.05, 0) is 13.8 Å². The first-order chi connectivity index (χ1) is 7.66. The SMILES string of the molecule is CC(C)n1cncc1CSc1nnc(N)s1. The second-order valence-electron chi connectivity index (χ2n) is 3.58. The van der Waals surface area contributed by atoms with Crippen molar-refractivity contribution >= 4 is 28.2 Å². The fraction of sp³-hybridized carbons (Fsp3) is 0.444. The molecule has 0 bridgehead atoms. The summed E-state index contributed by atoms with van der Waals surface area (Å²) in [4.78, 5) is 4.15. The Bertz CT molecular complexity index is 462. The Morgan fingerprint density at radius 2 is 2.31 bits per heavy atom. The van der Waals surface area contributed by atoms with E-state index in [9.17, 15) is 0 Å². The fourth-order valence-electron chi connectivity index (χ4n) is 1.32. The van der Waals surface area contributed by atoms with Crippen molar-refractivity contribution in [2.24, 2.45) is 0 Å². The topological polar surface area (TPSA) is 69.6 Å². The van der Waals surface area contributed by atoms with Crippen molar-refractivity contribution in [3.05, 3.63) is 18.2 Å². The molecule has 2 rings (SSSR count). The molecular formula is C9H13N5S2. The molecular weight excluding hydrogens is 242 g/mol. The van der Waals surface area contributed by atoms with Crippen LogP contribution in [0.4, 0.5) is 5.13 Å². The Labute approximate surface area is 102 Å². The molecule has 0 spiro atoms. The zero-order valence-corrected chi connectivity index (χ0v) is 10.8. The first kappa shape index (κ1) is 11.4. The van der Waals surface area contributed by atoms with Gasteiger partial charge in [0.2, 0.25) is 5.13 Å². The molecule has 2 N–H and O–H groups in total. The smallest absolute Gasteiger partial charge is 0.203 e. The number of rotatable bonds is 4. The van der Waals surface area contributed by atoms with Gasteiger partial charge >= 0.3 is 0 Å². The lowest BCUT2D eigenvalue weighted by Crippen LogP contribution is -2.02. The standard InChI is InChI=1S/C9H13N5S2/c1-6(2)14-5-11-3-7(14)4-15-9-13-12-8(10)16-9/h3,5-6H,4H2,1-2H3,(H2,10,12). The van der Waals surface area contributed by atoms with E-state index >= 15 is 0 Å². The van der Waals surface area contributed by atoms with E-state index in [1.54, 1.807) is 11.8 Å². The monoisotopic (exact) mass is 255 g/mol. The van der Waals surface area contributed by atoms with Gasteiger partial charge in [-0.3, -0.25) is 0 Å². The number of nitrogen functional groups attached to an aromatic ring is 1. The Kier molecular flexibility index (Phi) is 3.45. The average molecular weight is 255 g/mol. The molecule has 0 aliphatic rings. The zero-order chi connectivity index (χ0) is 11.5. The van der Waals surface area contributed by atoms with Crippen LogP contribution >= 0.6 is 23.1 Å². The molecule has 2 heterocycles. The maximum Gasteiger partial charge on any atom is 0.203 e. The molecule has 0 fully saturated rings. The fourth-order valence-corrected chi connectivity index (χ4v) is 2.93. The number of nitrogens with two attached hydrogens (primary N) is 1. The summed E-state index contributed by atoms with van der Waals surface area (Å²) in [6, 6.07) is 0.428. The van der Waals surface area contributed by atoms with Crippen molar-refractivity contribution in [1.29, 1.82) is 0 Å². The molecule has 2 aromatic heterocycles. The van der Waals surface area contributed by atoms with Gasteiger partial charge in [0.05, 0.1) is 6.33 Å². The van der Waals surface area contributed by atoms with E-state index in [2.05, 4.69) is 33.6 Å². The van der Waals surface area contributed by atoms with Crippen molar-refractivity contribution in [2.45, 2.75) is 30.0 Å². The van der Waals surface area contributed by atoms with Crippen molar-refractivity contribution in [3.63, 3.8) is 0 Å². The highest BCUT2D eigenvalue weighted by molar-refractivity contribution is 8.00. The molecule has 0 aliphatic carbocycles. The summed E-state index contributed by atoms with van der Waals surface area (Å²) in [7, 11) is 0. The maximum absolute atomic E-state index is 5.52. The molecule has 0 aromatic carbocycles. The van der Waals surface area contributed by atoms with E-state index in [1.807, 2.05) is 12.5 Å². The van der Waals surface area contributed by atoms with Crippen molar-refractivity contribution in [3.8, 4) is 0 Å². The Morgan fingerprint density at radius 3 is 2.94 bits per heavy atom. The van der Waals surface area contributed by atoms with Gasteiger partial charge in [-0.25, -0.2) is 4.98 Å². The van der Waals surface area contributed by atoms with Crippen LogP contribution in [0, 0.1) is 0 Å². The van der Waals surface area contributed by atoms with Gasteiger partial charge in [0.25, 0.3) is 0 Å². The molecule has 0 saturated carbocycles. The Hall–Kier alpha value is -1.08. The minimum absolute atomic E-state index is 0.428. The summed E-state index contributed by atoms with van der Waals surface area (Å²) >= 11 is 3.05. The lowest BCUT2D eigenvalue weighted by atomic mass is 10.4. The predicted octanol–water partition coefficient (Wildman–Crippen LogP) is 2.19. The van der Waals surface area contributed by atoms with E-state index in [-0.39, 0.29) is 0 Å². The molecule has 0 radical (unpaired) electrons. The summed E-state index contributed by atoms with van der Waals surface area (Å²) in [5.41, 5.74) is 6.71. The summed E-state index contributed by atoms with van der Waals surface area (Å²) in [6.45, 7) is 4.28. The summed E-state index contributed by atoms with van der Waals surface area (Å²) in [5.74, 6) is 0.840. The number of imidazole rings is 1. The lowest BCUT2D eigenvalue weighted by Gasteiger charge is -2.10. The van der Waals surface area contributed by atoms with Crippen molar-refractivity contribution in [2.75, 3.05) is 5.73 Å². The van der Waals surface area contributed by atoms with Gasteiger partial charge in [0, 0.05) is 23.7 Å². The van der Waals surface area contributed by atoms with Crippen LogP contribution in [0.5, 0.6) is 0 Å². The van der Waals surface area contributed by atoms with Gasteiger partial charge < -0.3 is 10.3 Å². The first-order valence-electron chi connectivity index (χ1n) is 4.89. The molecule has 7 heteroatoms. The predicted molar refractivity (Wildman–Crippen MR) is 66.5 cm³/mol. The largest absolute Gasteiger partial charge is 0.374 e. The van der Waals surface area contributed by atoms with Crippen LogP contribution < -0.4 is 5.73 Å². The molecule has 5 nitrogen and oxygen atoms in total. The number of hydrogen-bond acceptors (Lipinski definition) is 6. The number of nitrogens with zero attached hydrogens (tertiary/aromatic N) is 4. The summed E-state index contributed by atoms with van der Waals surface area (Å²) < 4.78 is 3.05. The Morgan fingerprint density at radius 1 is 1.50 bits per heavy atom. The third kappa shape index (κ3) is 2.53.